The van der Waals surface area contributed by atoms with Crippen molar-refractivity contribution in [1.29, 1.82) is 0 Å². The highest BCUT2D eigenvalue weighted by Gasteiger charge is 2.18. The lowest BCUT2D eigenvalue weighted by molar-refractivity contribution is 0.254. The van der Waals surface area contributed by atoms with Gasteiger partial charge >= 0.3 is 0 Å². The normalized spacial score (nSPS) is 11.8. The van der Waals surface area contributed by atoms with Crippen LogP contribution >= 0.6 is 0 Å². The van der Waals surface area contributed by atoms with Crippen LogP contribution in [0.25, 0.3) is 0 Å². The fourth-order valence-electron chi connectivity index (χ4n) is 1.90. The van der Waals surface area contributed by atoms with E-state index in [1.54, 1.807) is 0 Å². The Bertz CT molecular complexity index is 332. The molecule has 1 rings (SSSR count). The van der Waals surface area contributed by atoms with E-state index in [-0.39, 0.29) is 5.41 Å². The maximum Gasteiger partial charge on any atom is 0.0574 e. The van der Waals surface area contributed by atoms with Crippen molar-refractivity contribution in [3.63, 3.8) is 0 Å². The summed E-state index contributed by atoms with van der Waals surface area (Å²) in [6, 6.07) is 7.88. The molecule has 0 heterocycles. The maximum absolute atomic E-state index is 5.88. The summed E-state index contributed by atoms with van der Waals surface area (Å²) in [4.78, 5) is 2.20. The van der Waals surface area contributed by atoms with Gasteiger partial charge in [0.05, 0.1) is 11.4 Å². The van der Waals surface area contributed by atoms with Gasteiger partial charge in [0, 0.05) is 13.1 Å². The third-order valence-corrected chi connectivity index (χ3v) is 2.46. The molecule has 0 aromatic heterocycles. The molecule has 0 aliphatic rings. The van der Waals surface area contributed by atoms with Crippen molar-refractivity contribution >= 4 is 11.4 Å². The van der Waals surface area contributed by atoms with Crippen LogP contribution in [0.4, 0.5) is 11.4 Å². The second-order valence-corrected chi connectivity index (χ2v) is 5.34. The summed E-state index contributed by atoms with van der Waals surface area (Å²) < 4.78 is 0. The van der Waals surface area contributed by atoms with E-state index < -0.39 is 0 Å². The standard InChI is InChI=1S/C13H23N3/c1-13(2,10-16(3)4)9-15-12-8-6-5-7-11(12)14/h5-8,15H,9-10,14H2,1-4H3. The van der Waals surface area contributed by atoms with Gasteiger partial charge in [-0.2, -0.15) is 0 Å². The van der Waals surface area contributed by atoms with Crippen molar-refractivity contribution in [2.24, 2.45) is 5.41 Å². The van der Waals surface area contributed by atoms with Gasteiger partial charge in [-0.25, -0.2) is 0 Å². The summed E-state index contributed by atoms with van der Waals surface area (Å²) in [6.45, 7) is 6.46. The number of nitrogens with zero attached hydrogens (tertiary/aromatic N) is 1. The molecular formula is C13H23N3. The Labute approximate surface area is 98.6 Å². The number of nitrogens with one attached hydrogen (secondary N) is 1. The molecule has 3 nitrogen and oxygen atoms in total. The summed E-state index contributed by atoms with van der Waals surface area (Å²) in [5, 5.41) is 3.41. The molecule has 3 N–H and O–H groups in total. The van der Waals surface area contributed by atoms with Crippen molar-refractivity contribution in [1.82, 2.24) is 4.90 Å². The van der Waals surface area contributed by atoms with E-state index in [0.717, 1.165) is 24.5 Å². The molecule has 0 bridgehead atoms. The molecule has 0 spiro atoms. The SMILES string of the molecule is CN(C)CC(C)(C)CNc1ccccc1N. The van der Waals surface area contributed by atoms with Gasteiger partial charge in [0.15, 0.2) is 0 Å². The first-order valence-electron chi connectivity index (χ1n) is 5.64. The molecule has 0 saturated heterocycles. The Morgan fingerprint density at radius 2 is 1.88 bits per heavy atom. The van der Waals surface area contributed by atoms with E-state index in [1.165, 1.54) is 0 Å². The zero-order chi connectivity index (χ0) is 12.2. The third kappa shape index (κ3) is 4.11. The van der Waals surface area contributed by atoms with E-state index in [0.29, 0.717) is 0 Å². The zero-order valence-electron chi connectivity index (χ0n) is 10.7. The monoisotopic (exact) mass is 221 g/mol. The second-order valence-electron chi connectivity index (χ2n) is 5.34. The van der Waals surface area contributed by atoms with Crippen LogP contribution in [0.15, 0.2) is 24.3 Å². The number of nitrogens with two attached hydrogens (primary N) is 1. The van der Waals surface area contributed by atoms with Crippen LogP contribution in [-0.4, -0.2) is 32.1 Å². The lowest BCUT2D eigenvalue weighted by Crippen LogP contribution is -2.34. The zero-order valence-corrected chi connectivity index (χ0v) is 10.7. The number of anilines is 2. The Morgan fingerprint density at radius 3 is 2.44 bits per heavy atom. The van der Waals surface area contributed by atoms with E-state index in [4.69, 9.17) is 5.73 Å². The largest absolute Gasteiger partial charge is 0.397 e. The highest BCUT2D eigenvalue weighted by Crippen LogP contribution is 2.21. The lowest BCUT2D eigenvalue weighted by Gasteiger charge is -2.29. The first-order valence-corrected chi connectivity index (χ1v) is 5.64. The minimum Gasteiger partial charge on any atom is -0.397 e. The van der Waals surface area contributed by atoms with Gasteiger partial charge in [-0.05, 0) is 31.6 Å². The summed E-state index contributed by atoms with van der Waals surface area (Å²) in [6.07, 6.45) is 0. The molecule has 0 saturated carbocycles. The number of benzene rings is 1. The maximum atomic E-state index is 5.88. The number of hydrogen-bond donors (Lipinski definition) is 2. The second kappa shape index (κ2) is 5.21. The van der Waals surface area contributed by atoms with Crippen LogP contribution in [0.2, 0.25) is 0 Å². The van der Waals surface area contributed by atoms with Crippen molar-refractivity contribution in [3.8, 4) is 0 Å². The number of hydrogen-bond acceptors (Lipinski definition) is 3. The predicted molar refractivity (Wildman–Crippen MR) is 71.7 cm³/mol. The first-order chi connectivity index (χ1) is 7.41. The lowest BCUT2D eigenvalue weighted by atomic mass is 9.93. The molecule has 0 radical (unpaired) electrons. The van der Waals surface area contributed by atoms with Crippen molar-refractivity contribution < 1.29 is 0 Å². The number of nitrogen functional groups attached to an aromatic ring is 1. The average Bonchev–Trinajstić information content (AvgIpc) is 2.14. The van der Waals surface area contributed by atoms with Crippen LogP contribution in [0.1, 0.15) is 13.8 Å². The van der Waals surface area contributed by atoms with Gasteiger partial charge in [-0.1, -0.05) is 26.0 Å². The van der Waals surface area contributed by atoms with Crippen molar-refractivity contribution in [3.05, 3.63) is 24.3 Å². The Balaban J connectivity index is 2.54. The van der Waals surface area contributed by atoms with Crippen molar-refractivity contribution in [2.45, 2.75) is 13.8 Å². The van der Waals surface area contributed by atoms with Crippen LogP contribution < -0.4 is 11.1 Å². The van der Waals surface area contributed by atoms with Gasteiger partial charge in [0.2, 0.25) is 0 Å². The smallest absolute Gasteiger partial charge is 0.0574 e. The number of rotatable bonds is 5. The van der Waals surface area contributed by atoms with Crippen LogP contribution in [-0.2, 0) is 0 Å². The molecule has 1 aromatic rings. The molecule has 90 valence electrons. The van der Waals surface area contributed by atoms with Gasteiger partial charge in [-0.15, -0.1) is 0 Å². The molecule has 0 aliphatic carbocycles. The minimum atomic E-state index is 0.228. The highest BCUT2D eigenvalue weighted by molar-refractivity contribution is 5.65. The van der Waals surface area contributed by atoms with Gasteiger partial charge in [-0.3, -0.25) is 0 Å². The molecule has 0 amide bonds. The van der Waals surface area contributed by atoms with Crippen LogP contribution in [0.3, 0.4) is 0 Å². The molecule has 0 fully saturated rings. The molecule has 0 atom stereocenters. The van der Waals surface area contributed by atoms with E-state index in [1.807, 2.05) is 24.3 Å². The topological polar surface area (TPSA) is 41.3 Å². The molecular weight excluding hydrogens is 198 g/mol. The molecule has 0 unspecified atom stereocenters. The predicted octanol–water partition coefficient (Wildman–Crippen LogP) is 2.27. The molecule has 16 heavy (non-hydrogen) atoms. The fraction of sp³-hybridized carbons (Fsp3) is 0.538. The summed E-state index contributed by atoms with van der Waals surface area (Å²) in [7, 11) is 4.19. The molecule has 0 aliphatic heterocycles. The van der Waals surface area contributed by atoms with E-state index in [9.17, 15) is 0 Å². The Kier molecular flexibility index (Phi) is 4.19. The fourth-order valence-corrected chi connectivity index (χ4v) is 1.90. The van der Waals surface area contributed by atoms with Crippen LogP contribution in [0.5, 0.6) is 0 Å². The minimum absolute atomic E-state index is 0.228. The highest BCUT2D eigenvalue weighted by atomic mass is 15.1. The Hall–Kier alpha value is -1.22. The summed E-state index contributed by atoms with van der Waals surface area (Å²) in [5.41, 5.74) is 7.94. The van der Waals surface area contributed by atoms with Gasteiger partial charge in [0.1, 0.15) is 0 Å². The average molecular weight is 221 g/mol. The quantitative estimate of drug-likeness (QED) is 0.749. The van der Waals surface area contributed by atoms with Crippen molar-refractivity contribution in [2.75, 3.05) is 38.2 Å². The van der Waals surface area contributed by atoms with Gasteiger partial charge in [0.25, 0.3) is 0 Å². The first kappa shape index (κ1) is 12.8. The number of para-hydroxylation sites is 2. The summed E-state index contributed by atoms with van der Waals surface area (Å²) in [5.74, 6) is 0. The van der Waals surface area contributed by atoms with Crippen LogP contribution in [0, 0.1) is 5.41 Å². The molecule has 1 aromatic carbocycles. The van der Waals surface area contributed by atoms with Gasteiger partial charge < -0.3 is 16.0 Å². The van der Waals surface area contributed by atoms with E-state index in [2.05, 4.69) is 38.2 Å². The Morgan fingerprint density at radius 1 is 1.25 bits per heavy atom. The summed E-state index contributed by atoms with van der Waals surface area (Å²) >= 11 is 0. The molecule has 3 heteroatoms. The van der Waals surface area contributed by atoms with E-state index >= 15 is 0 Å². The third-order valence-electron chi connectivity index (χ3n) is 2.46.